The molecule has 1 aliphatic rings. The zero-order valence-electron chi connectivity index (χ0n) is 7.05. The highest BCUT2D eigenvalue weighted by atomic mass is 16.4. The van der Waals surface area contributed by atoms with E-state index in [0.717, 1.165) is 24.8 Å². The van der Waals surface area contributed by atoms with Crippen molar-refractivity contribution < 1.29 is 9.90 Å². The van der Waals surface area contributed by atoms with Crippen molar-refractivity contribution in [3.05, 3.63) is 11.6 Å². The summed E-state index contributed by atoms with van der Waals surface area (Å²) >= 11 is 0. The summed E-state index contributed by atoms with van der Waals surface area (Å²) in [4.78, 5) is 10.8. The fourth-order valence-electron chi connectivity index (χ4n) is 1.47. The van der Waals surface area contributed by atoms with Gasteiger partial charge in [-0.1, -0.05) is 11.6 Å². The van der Waals surface area contributed by atoms with Crippen molar-refractivity contribution in [2.75, 3.05) is 0 Å². The fraction of sp³-hybridized carbons (Fsp3) is 0.667. The fourth-order valence-corrected chi connectivity index (χ4v) is 1.47. The molecule has 0 radical (unpaired) electrons. The lowest BCUT2D eigenvalue weighted by molar-refractivity contribution is -0.146. The number of allylic oxidation sites excluding steroid dienone is 1. The Morgan fingerprint density at radius 3 is 2.73 bits per heavy atom. The Hall–Kier alpha value is -0.790. The number of hydrogen-bond donors (Lipinski definition) is 1. The van der Waals surface area contributed by atoms with Gasteiger partial charge in [0.05, 0.1) is 5.41 Å². The van der Waals surface area contributed by atoms with Crippen LogP contribution in [0, 0.1) is 5.41 Å². The van der Waals surface area contributed by atoms with Crippen LogP contribution in [0.1, 0.15) is 33.1 Å². The van der Waals surface area contributed by atoms with Crippen LogP contribution in [0.4, 0.5) is 0 Å². The van der Waals surface area contributed by atoms with Crippen LogP contribution in [0.15, 0.2) is 11.6 Å². The predicted octanol–water partition coefficient (Wildman–Crippen LogP) is 2.21. The van der Waals surface area contributed by atoms with E-state index in [9.17, 15) is 4.79 Å². The second kappa shape index (κ2) is 2.68. The molecule has 2 heteroatoms. The third-order valence-corrected chi connectivity index (χ3v) is 2.67. The molecule has 0 aromatic carbocycles. The Bertz CT molecular complexity index is 206. The lowest BCUT2D eigenvalue weighted by Crippen LogP contribution is -2.30. The monoisotopic (exact) mass is 154 g/mol. The summed E-state index contributed by atoms with van der Waals surface area (Å²) < 4.78 is 0. The van der Waals surface area contributed by atoms with Crippen molar-refractivity contribution in [3.63, 3.8) is 0 Å². The molecule has 1 atom stereocenters. The van der Waals surface area contributed by atoms with E-state index in [1.54, 1.807) is 6.92 Å². The molecule has 0 amide bonds. The van der Waals surface area contributed by atoms with Gasteiger partial charge < -0.3 is 5.11 Å². The van der Waals surface area contributed by atoms with Gasteiger partial charge in [-0.3, -0.25) is 4.79 Å². The van der Waals surface area contributed by atoms with E-state index in [0.29, 0.717) is 0 Å². The maximum atomic E-state index is 10.8. The summed E-state index contributed by atoms with van der Waals surface area (Å²) in [6, 6.07) is 0. The van der Waals surface area contributed by atoms with Gasteiger partial charge in [0.2, 0.25) is 0 Å². The molecule has 2 nitrogen and oxygen atoms in total. The van der Waals surface area contributed by atoms with Gasteiger partial charge in [-0.15, -0.1) is 0 Å². The van der Waals surface area contributed by atoms with Crippen LogP contribution >= 0.6 is 0 Å². The van der Waals surface area contributed by atoms with Gasteiger partial charge in [0.1, 0.15) is 0 Å². The van der Waals surface area contributed by atoms with Gasteiger partial charge >= 0.3 is 5.97 Å². The Kier molecular flexibility index (Phi) is 2.03. The summed E-state index contributed by atoms with van der Waals surface area (Å²) in [5, 5.41) is 8.93. The number of hydrogen-bond acceptors (Lipinski definition) is 1. The Morgan fingerprint density at radius 1 is 1.73 bits per heavy atom. The molecule has 0 saturated heterocycles. The summed E-state index contributed by atoms with van der Waals surface area (Å²) in [6.45, 7) is 3.72. The van der Waals surface area contributed by atoms with E-state index in [-0.39, 0.29) is 0 Å². The number of rotatable bonds is 1. The number of carbonyl (C=O) groups is 1. The minimum Gasteiger partial charge on any atom is -0.481 e. The third kappa shape index (κ3) is 1.30. The van der Waals surface area contributed by atoms with Gasteiger partial charge in [0.25, 0.3) is 0 Å². The second-order valence-corrected chi connectivity index (χ2v) is 3.42. The molecule has 1 aliphatic carbocycles. The van der Waals surface area contributed by atoms with Crippen molar-refractivity contribution in [2.45, 2.75) is 33.1 Å². The van der Waals surface area contributed by atoms with Crippen LogP contribution in [0.2, 0.25) is 0 Å². The topological polar surface area (TPSA) is 37.3 Å². The van der Waals surface area contributed by atoms with Gasteiger partial charge in [-0.2, -0.15) is 0 Å². The summed E-state index contributed by atoms with van der Waals surface area (Å²) in [5.41, 5.74) is 0.425. The van der Waals surface area contributed by atoms with E-state index in [1.165, 1.54) is 0 Å². The highest BCUT2D eigenvalue weighted by molar-refractivity contribution is 5.78. The predicted molar refractivity (Wildman–Crippen MR) is 43.4 cm³/mol. The zero-order chi connectivity index (χ0) is 8.48. The average molecular weight is 154 g/mol. The highest BCUT2D eigenvalue weighted by Gasteiger charge is 2.35. The van der Waals surface area contributed by atoms with Crippen LogP contribution in [-0.4, -0.2) is 11.1 Å². The van der Waals surface area contributed by atoms with Crippen LogP contribution in [-0.2, 0) is 4.79 Å². The largest absolute Gasteiger partial charge is 0.481 e. The Labute approximate surface area is 66.9 Å². The van der Waals surface area contributed by atoms with Crippen molar-refractivity contribution in [3.8, 4) is 0 Å². The first-order valence-corrected chi connectivity index (χ1v) is 3.98. The first-order valence-electron chi connectivity index (χ1n) is 3.98. The maximum absolute atomic E-state index is 10.8. The van der Waals surface area contributed by atoms with Gasteiger partial charge in [0, 0.05) is 0 Å². The van der Waals surface area contributed by atoms with Gasteiger partial charge in [-0.25, -0.2) is 0 Å². The Morgan fingerprint density at radius 2 is 2.36 bits per heavy atom. The quantitative estimate of drug-likeness (QED) is 0.588. The molecule has 0 bridgehead atoms. The molecule has 0 aliphatic heterocycles. The minimum atomic E-state index is -0.689. The van der Waals surface area contributed by atoms with Gasteiger partial charge in [-0.05, 0) is 33.1 Å². The van der Waals surface area contributed by atoms with Gasteiger partial charge in [0.15, 0.2) is 0 Å². The normalized spacial score (nSPS) is 31.3. The molecule has 0 heterocycles. The maximum Gasteiger partial charge on any atom is 0.313 e. The summed E-state index contributed by atoms with van der Waals surface area (Å²) in [5.74, 6) is -0.689. The first-order chi connectivity index (χ1) is 5.07. The Balaban J connectivity index is 2.92. The summed E-state index contributed by atoms with van der Waals surface area (Å²) in [7, 11) is 0. The molecular weight excluding hydrogens is 140 g/mol. The van der Waals surface area contributed by atoms with Crippen molar-refractivity contribution >= 4 is 5.97 Å². The van der Waals surface area contributed by atoms with Crippen LogP contribution < -0.4 is 0 Å². The zero-order valence-corrected chi connectivity index (χ0v) is 7.05. The molecule has 11 heavy (non-hydrogen) atoms. The molecule has 0 saturated carbocycles. The molecule has 0 fully saturated rings. The molecule has 62 valence electrons. The van der Waals surface area contributed by atoms with E-state index in [4.69, 9.17) is 5.11 Å². The van der Waals surface area contributed by atoms with Crippen LogP contribution in [0.25, 0.3) is 0 Å². The number of carboxylic acid groups (broad SMARTS) is 1. The van der Waals surface area contributed by atoms with Crippen molar-refractivity contribution in [1.82, 2.24) is 0 Å². The third-order valence-electron chi connectivity index (χ3n) is 2.67. The molecule has 1 unspecified atom stereocenters. The van der Waals surface area contributed by atoms with E-state index in [1.807, 2.05) is 13.0 Å². The van der Waals surface area contributed by atoms with Crippen LogP contribution in [0.3, 0.4) is 0 Å². The van der Waals surface area contributed by atoms with E-state index >= 15 is 0 Å². The minimum absolute atomic E-state index is 0.585. The SMILES string of the molecule is CC1=CCCCC1(C)C(=O)O. The number of carboxylic acids is 1. The van der Waals surface area contributed by atoms with E-state index < -0.39 is 11.4 Å². The molecule has 0 aromatic heterocycles. The smallest absolute Gasteiger partial charge is 0.313 e. The van der Waals surface area contributed by atoms with E-state index in [2.05, 4.69) is 0 Å². The standard InChI is InChI=1S/C9H14O2/c1-7-5-3-4-6-9(7,2)8(10)11/h5H,3-4,6H2,1-2H3,(H,10,11). The molecule has 0 spiro atoms. The molecule has 1 N–H and O–H groups in total. The van der Waals surface area contributed by atoms with Crippen molar-refractivity contribution in [1.29, 1.82) is 0 Å². The molecule has 0 aromatic rings. The molecular formula is C9H14O2. The lowest BCUT2D eigenvalue weighted by atomic mass is 9.75. The highest BCUT2D eigenvalue weighted by Crippen LogP contribution is 2.36. The average Bonchev–Trinajstić information content (AvgIpc) is 1.95. The summed E-state index contributed by atoms with van der Waals surface area (Å²) in [6.07, 6.45) is 4.86. The first kappa shape index (κ1) is 8.31. The molecule has 1 rings (SSSR count). The second-order valence-electron chi connectivity index (χ2n) is 3.42. The van der Waals surface area contributed by atoms with Crippen LogP contribution in [0.5, 0.6) is 0 Å². The van der Waals surface area contributed by atoms with Crippen molar-refractivity contribution in [2.24, 2.45) is 5.41 Å². The lowest BCUT2D eigenvalue weighted by Gasteiger charge is -2.29. The number of aliphatic carboxylic acids is 1.